The first-order valence-corrected chi connectivity index (χ1v) is 13.3. The molecule has 2 aromatic rings. The van der Waals surface area contributed by atoms with E-state index >= 15 is 0 Å². The number of likely N-dealkylation sites (N-methyl/N-ethyl adjacent to an activating group) is 1. The van der Waals surface area contributed by atoms with Crippen LogP contribution >= 0.6 is 0 Å². The Kier molecular flexibility index (Phi) is 13.5. The van der Waals surface area contributed by atoms with Crippen molar-refractivity contribution in [3.63, 3.8) is 0 Å². The van der Waals surface area contributed by atoms with E-state index in [2.05, 4.69) is 12.2 Å². The van der Waals surface area contributed by atoms with Crippen molar-refractivity contribution in [1.29, 1.82) is 0 Å². The summed E-state index contributed by atoms with van der Waals surface area (Å²) in [5, 5.41) is 12.8. The van der Waals surface area contributed by atoms with Crippen molar-refractivity contribution in [2.45, 2.75) is 45.4 Å². The van der Waals surface area contributed by atoms with Crippen LogP contribution in [0, 0.1) is 0 Å². The van der Waals surface area contributed by atoms with Crippen LogP contribution in [0.1, 0.15) is 61.4 Å². The fourth-order valence-corrected chi connectivity index (χ4v) is 3.91. The van der Waals surface area contributed by atoms with Gasteiger partial charge in [-0.05, 0) is 48.4 Å². The van der Waals surface area contributed by atoms with Gasteiger partial charge in [0.2, 0.25) is 11.7 Å². The molecule has 0 aromatic heterocycles. The van der Waals surface area contributed by atoms with Crippen LogP contribution in [0.25, 0.3) is 6.08 Å². The summed E-state index contributed by atoms with van der Waals surface area (Å²) < 4.78 is 20.7. The van der Waals surface area contributed by atoms with Gasteiger partial charge in [0.1, 0.15) is 6.61 Å². The van der Waals surface area contributed by atoms with Gasteiger partial charge in [-0.15, -0.1) is 0 Å². The number of hydrogen-bond acceptors (Lipinski definition) is 8. The summed E-state index contributed by atoms with van der Waals surface area (Å²) in [7, 11) is 5.61. The number of carbonyl (C=O) groups excluding carboxylic acids is 3. The second-order valence-corrected chi connectivity index (χ2v) is 9.09. The number of ether oxygens (including phenoxy) is 4. The SMILES string of the molecule is CCCCCCCCOCC(=O)N(C)c1cc(NC(=O)C=Cc2cc(OC)c(O)c(OC)c2)ccc1C(=O)OC. The number of aromatic hydroxyl groups is 1. The molecule has 218 valence electrons. The zero-order valence-corrected chi connectivity index (χ0v) is 24.0. The first kappa shape index (κ1) is 32.2. The largest absolute Gasteiger partial charge is 0.502 e. The molecule has 0 aliphatic heterocycles. The standard InChI is InChI=1S/C30H40N2O8/c1-6-7-8-9-10-11-16-40-20-28(34)32(2)24-19-22(13-14-23(24)30(36)39-5)31-27(33)15-12-21-17-25(37-3)29(35)26(18-21)38-4/h12-15,17-19,35H,6-11,16,20H2,1-5H3,(H,31,33). The Labute approximate surface area is 235 Å². The number of unbranched alkanes of at least 4 members (excludes halogenated alkanes) is 5. The van der Waals surface area contributed by atoms with Gasteiger partial charge >= 0.3 is 5.97 Å². The van der Waals surface area contributed by atoms with Crippen molar-refractivity contribution in [2.24, 2.45) is 0 Å². The van der Waals surface area contributed by atoms with Gasteiger partial charge in [-0.25, -0.2) is 4.79 Å². The van der Waals surface area contributed by atoms with Gasteiger partial charge < -0.3 is 34.3 Å². The molecule has 0 radical (unpaired) electrons. The number of hydrogen-bond donors (Lipinski definition) is 2. The number of rotatable bonds is 16. The maximum atomic E-state index is 12.8. The molecule has 0 heterocycles. The monoisotopic (exact) mass is 556 g/mol. The third-order valence-electron chi connectivity index (χ3n) is 6.20. The molecule has 0 spiro atoms. The Morgan fingerprint density at radius 3 is 2.23 bits per heavy atom. The molecule has 2 N–H and O–H groups in total. The molecule has 0 aliphatic carbocycles. The lowest BCUT2D eigenvalue weighted by molar-refractivity contribution is -0.122. The van der Waals surface area contributed by atoms with E-state index < -0.39 is 11.9 Å². The number of methoxy groups -OCH3 is 3. The van der Waals surface area contributed by atoms with E-state index in [9.17, 15) is 19.5 Å². The van der Waals surface area contributed by atoms with Crippen LogP contribution in [0.4, 0.5) is 11.4 Å². The minimum Gasteiger partial charge on any atom is -0.502 e. The zero-order valence-electron chi connectivity index (χ0n) is 24.0. The smallest absolute Gasteiger partial charge is 0.339 e. The molecule has 0 saturated heterocycles. The minimum atomic E-state index is -0.615. The number of benzene rings is 2. The molecule has 0 aliphatic rings. The maximum Gasteiger partial charge on any atom is 0.339 e. The average Bonchev–Trinajstić information content (AvgIpc) is 2.96. The second-order valence-electron chi connectivity index (χ2n) is 9.09. The lowest BCUT2D eigenvalue weighted by Crippen LogP contribution is -2.31. The maximum absolute atomic E-state index is 12.8. The van der Waals surface area contributed by atoms with Gasteiger partial charge in [-0.3, -0.25) is 9.59 Å². The molecule has 2 amide bonds. The van der Waals surface area contributed by atoms with E-state index in [1.54, 1.807) is 18.2 Å². The molecular weight excluding hydrogens is 516 g/mol. The molecule has 0 fully saturated rings. The summed E-state index contributed by atoms with van der Waals surface area (Å²) in [5.74, 6) is -1.15. The molecule has 10 nitrogen and oxygen atoms in total. The van der Waals surface area contributed by atoms with Crippen LogP contribution in [-0.4, -0.2) is 64.5 Å². The van der Waals surface area contributed by atoms with Gasteiger partial charge in [-0.2, -0.15) is 0 Å². The minimum absolute atomic E-state index is 0.134. The molecule has 10 heteroatoms. The van der Waals surface area contributed by atoms with Crippen LogP contribution in [-0.2, 0) is 19.1 Å². The van der Waals surface area contributed by atoms with Crippen LogP contribution in [0.5, 0.6) is 17.2 Å². The third kappa shape index (κ3) is 9.60. The van der Waals surface area contributed by atoms with Gasteiger partial charge in [0.05, 0.1) is 32.6 Å². The summed E-state index contributed by atoms with van der Waals surface area (Å²) in [5.41, 5.74) is 1.38. The first-order chi connectivity index (χ1) is 19.2. The van der Waals surface area contributed by atoms with E-state index in [4.69, 9.17) is 18.9 Å². The van der Waals surface area contributed by atoms with Crippen molar-refractivity contribution in [2.75, 3.05) is 51.8 Å². The fraction of sp³-hybridized carbons (Fsp3) is 0.433. The third-order valence-corrected chi connectivity index (χ3v) is 6.20. The normalized spacial score (nSPS) is 10.8. The summed E-state index contributed by atoms with van der Waals surface area (Å²) in [4.78, 5) is 39.1. The quantitative estimate of drug-likeness (QED) is 0.165. The van der Waals surface area contributed by atoms with E-state index in [-0.39, 0.29) is 41.0 Å². The van der Waals surface area contributed by atoms with Gasteiger partial charge in [0, 0.05) is 25.4 Å². The first-order valence-electron chi connectivity index (χ1n) is 13.3. The number of nitrogens with one attached hydrogen (secondary N) is 1. The van der Waals surface area contributed by atoms with Crippen LogP contribution < -0.4 is 19.7 Å². The highest BCUT2D eigenvalue weighted by Gasteiger charge is 2.20. The molecule has 2 aromatic carbocycles. The summed E-state index contributed by atoms with van der Waals surface area (Å²) in [6, 6.07) is 7.66. The highest BCUT2D eigenvalue weighted by molar-refractivity contribution is 6.06. The Morgan fingerprint density at radius 1 is 0.950 bits per heavy atom. The lowest BCUT2D eigenvalue weighted by Gasteiger charge is -2.21. The van der Waals surface area contributed by atoms with Crippen molar-refractivity contribution in [3.05, 3.63) is 47.5 Å². The van der Waals surface area contributed by atoms with E-state index in [0.29, 0.717) is 17.9 Å². The van der Waals surface area contributed by atoms with Crippen LogP contribution in [0.3, 0.4) is 0 Å². The number of esters is 1. The van der Waals surface area contributed by atoms with Crippen molar-refractivity contribution < 1.29 is 38.4 Å². The number of phenols is 1. The topological polar surface area (TPSA) is 124 Å². The Morgan fingerprint density at radius 2 is 1.60 bits per heavy atom. The van der Waals surface area contributed by atoms with E-state index in [0.717, 1.165) is 19.3 Å². The molecule has 40 heavy (non-hydrogen) atoms. The van der Waals surface area contributed by atoms with Crippen molar-refractivity contribution >= 4 is 35.2 Å². The fourth-order valence-electron chi connectivity index (χ4n) is 3.91. The predicted octanol–water partition coefficient (Wildman–Crippen LogP) is 5.19. The molecule has 2 rings (SSSR count). The Balaban J connectivity index is 2.09. The van der Waals surface area contributed by atoms with Gasteiger partial charge in [0.25, 0.3) is 5.91 Å². The van der Waals surface area contributed by atoms with Crippen LogP contribution in [0.15, 0.2) is 36.4 Å². The van der Waals surface area contributed by atoms with E-state index in [1.807, 2.05) is 0 Å². The molecule has 0 bridgehead atoms. The van der Waals surface area contributed by atoms with Crippen molar-refractivity contribution in [3.8, 4) is 17.2 Å². The summed E-state index contributed by atoms with van der Waals surface area (Å²) >= 11 is 0. The Bertz CT molecular complexity index is 1150. The van der Waals surface area contributed by atoms with Crippen LogP contribution in [0.2, 0.25) is 0 Å². The molecular formula is C30H40N2O8. The van der Waals surface area contributed by atoms with Gasteiger partial charge in [-0.1, -0.05) is 39.0 Å². The predicted molar refractivity (Wildman–Crippen MR) is 154 cm³/mol. The number of carbonyl (C=O) groups is 3. The number of phenolic OH excluding ortho intramolecular Hbond substituents is 1. The van der Waals surface area contributed by atoms with E-state index in [1.165, 1.54) is 76.8 Å². The Hall–Kier alpha value is -4.05. The number of amides is 2. The lowest BCUT2D eigenvalue weighted by atomic mass is 10.1. The average molecular weight is 557 g/mol. The number of nitrogens with zero attached hydrogens (tertiary/aromatic N) is 1. The summed E-state index contributed by atoms with van der Waals surface area (Å²) in [6.45, 7) is 2.52. The highest BCUT2D eigenvalue weighted by Crippen LogP contribution is 2.37. The summed E-state index contributed by atoms with van der Waals surface area (Å²) in [6.07, 6.45) is 9.54. The molecule has 0 saturated carbocycles. The second kappa shape index (κ2) is 16.8. The van der Waals surface area contributed by atoms with Crippen molar-refractivity contribution in [1.82, 2.24) is 0 Å². The molecule has 0 unspecified atom stereocenters. The zero-order chi connectivity index (χ0) is 29.5. The molecule has 0 atom stereocenters. The van der Waals surface area contributed by atoms with Gasteiger partial charge in [0.15, 0.2) is 11.5 Å². The number of anilines is 2. The highest BCUT2D eigenvalue weighted by atomic mass is 16.5.